The number of rotatable bonds is 6. The van der Waals surface area contributed by atoms with E-state index in [1.807, 2.05) is 36.4 Å². The lowest BCUT2D eigenvalue weighted by Gasteiger charge is -2.20. The summed E-state index contributed by atoms with van der Waals surface area (Å²) in [5.41, 5.74) is 3.02. The Bertz CT molecular complexity index is 1420. The van der Waals surface area contributed by atoms with E-state index in [2.05, 4.69) is 15.3 Å². The number of thiazole rings is 1. The normalized spacial score (nSPS) is 11.2. The lowest BCUT2D eigenvalue weighted by molar-refractivity contribution is -0.119. The van der Waals surface area contributed by atoms with Crippen molar-refractivity contribution in [2.75, 3.05) is 12.0 Å². The van der Waals surface area contributed by atoms with E-state index in [4.69, 9.17) is 21.3 Å². The first-order valence-corrected chi connectivity index (χ1v) is 10.9. The second-order valence-electron chi connectivity index (χ2n) is 7.00. The zero-order valence-corrected chi connectivity index (χ0v) is 18.5. The number of fused-ring (bicyclic) bond motifs is 2. The van der Waals surface area contributed by atoms with E-state index in [1.54, 1.807) is 41.2 Å². The van der Waals surface area contributed by atoms with Crippen LogP contribution in [0.1, 0.15) is 5.56 Å². The van der Waals surface area contributed by atoms with Crippen LogP contribution >= 0.6 is 22.9 Å². The number of anilines is 1. The van der Waals surface area contributed by atoms with Gasteiger partial charge in [0, 0.05) is 12.4 Å². The summed E-state index contributed by atoms with van der Waals surface area (Å²) in [6.45, 7) is 0.320. The average Bonchev–Trinajstić information content (AvgIpc) is 3.44. The van der Waals surface area contributed by atoms with E-state index in [0.29, 0.717) is 28.0 Å². The van der Waals surface area contributed by atoms with E-state index in [1.165, 1.54) is 11.3 Å². The van der Waals surface area contributed by atoms with Crippen molar-refractivity contribution in [3.63, 3.8) is 0 Å². The maximum atomic E-state index is 13.5. The first-order valence-electron chi connectivity index (χ1n) is 9.74. The largest absolute Gasteiger partial charge is 0.494 e. The zero-order valence-electron chi connectivity index (χ0n) is 17.0. The molecule has 0 aliphatic carbocycles. The van der Waals surface area contributed by atoms with Gasteiger partial charge in [0.15, 0.2) is 5.13 Å². The fraction of sp³-hybridized carbons (Fsp3) is 0.136. The summed E-state index contributed by atoms with van der Waals surface area (Å²) in [5, 5.41) is 9.37. The summed E-state index contributed by atoms with van der Waals surface area (Å²) in [6, 6.07) is 14.8. The molecule has 5 aromatic rings. The number of methoxy groups -OCH3 is 1. The van der Waals surface area contributed by atoms with Crippen LogP contribution in [0.15, 0.2) is 60.9 Å². The topological polar surface area (TPSA) is 86.0 Å². The number of ether oxygens (including phenoxy) is 1. The summed E-state index contributed by atoms with van der Waals surface area (Å²) in [6.07, 6.45) is 3.42. The predicted octanol–water partition coefficient (Wildman–Crippen LogP) is 4.33. The highest BCUT2D eigenvalue weighted by atomic mass is 35.5. The van der Waals surface area contributed by atoms with Crippen molar-refractivity contribution >= 4 is 55.2 Å². The minimum atomic E-state index is -0.182. The molecule has 3 aromatic heterocycles. The zero-order chi connectivity index (χ0) is 22.1. The second kappa shape index (κ2) is 8.52. The van der Waals surface area contributed by atoms with Crippen LogP contribution in [0.3, 0.4) is 0 Å². The summed E-state index contributed by atoms with van der Waals surface area (Å²) >= 11 is 7.74. The number of hydrogen-bond acceptors (Lipinski definition) is 7. The molecule has 0 atom stereocenters. The smallest absolute Gasteiger partial charge is 0.250 e. The Morgan fingerprint density at radius 3 is 2.88 bits per heavy atom. The van der Waals surface area contributed by atoms with Gasteiger partial charge in [-0.3, -0.25) is 14.7 Å². The van der Waals surface area contributed by atoms with Gasteiger partial charge in [-0.1, -0.05) is 46.4 Å². The van der Waals surface area contributed by atoms with Gasteiger partial charge in [-0.25, -0.2) is 9.67 Å². The van der Waals surface area contributed by atoms with Gasteiger partial charge in [0.25, 0.3) is 5.91 Å². The number of halogens is 1. The molecule has 0 saturated carbocycles. The van der Waals surface area contributed by atoms with Gasteiger partial charge in [0.2, 0.25) is 0 Å². The van der Waals surface area contributed by atoms with Crippen LogP contribution in [0.5, 0.6) is 5.75 Å². The van der Waals surface area contributed by atoms with Crippen molar-refractivity contribution in [1.29, 1.82) is 0 Å². The van der Waals surface area contributed by atoms with Crippen LogP contribution in [0.25, 0.3) is 21.3 Å². The number of hydrogen-bond donors (Lipinski definition) is 0. The predicted molar refractivity (Wildman–Crippen MR) is 124 cm³/mol. The number of nitrogens with zero attached hydrogens (tertiary/aromatic N) is 6. The van der Waals surface area contributed by atoms with E-state index in [9.17, 15) is 4.79 Å². The van der Waals surface area contributed by atoms with Crippen molar-refractivity contribution in [2.24, 2.45) is 0 Å². The minimum Gasteiger partial charge on any atom is -0.494 e. The molecule has 5 rings (SSSR count). The molecule has 2 aromatic carbocycles. The third-order valence-corrected chi connectivity index (χ3v) is 6.51. The van der Waals surface area contributed by atoms with Gasteiger partial charge in [0.1, 0.15) is 23.3 Å². The average molecular weight is 465 g/mol. The van der Waals surface area contributed by atoms with Crippen LogP contribution in [-0.2, 0) is 17.9 Å². The Morgan fingerprint density at radius 2 is 2.06 bits per heavy atom. The van der Waals surface area contributed by atoms with Crippen molar-refractivity contribution in [3.05, 3.63) is 71.5 Å². The lowest BCUT2D eigenvalue weighted by Crippen LogP contribution is -2.33. The maximum Gasteiger partial charge on any atom is 0.250 e. The quantitative estimate of drug-likeness (QED) is 0.371. The molecule has 0 spiro atoms. The SMILES string of the molecule is COc1ccc(Cl)c2sc(N(Cc3cccnc3)C(=O)Cn3nnc4ccccc43)nc12. The molecule has 0 unspecified atom stereocenters. The van der Waals surface area contributed by atoms with Gasteiger partial charge in [-0.15, -0.1) is 5.10 Å². The fourth-order valence-electron chi connectivity index (χ4n) is 3.41. The monoisotopic (exact) mass is 464 g/mol. The van der Waals surface area contributed by atoms with Gasteiger partial charge in [-0.05, 0) is 35.9 Å². The van der Waals surface area contributed by atoms with Crippen molar-refractivity contribution in [3.8, 4) is 5.75 Å². The van der Waals surface area contributed by atoms with Crippen LogP contribution < -0.4 is 9.64 Å². The Balaban J connectivity index is 1.55. The maximum absolute atomic E-state index is 13.5. The number of benzene rings is 2. The van der Waals surface area contributed by atoms with E-state index >= 15 is 0 Å². The minimum absolute atomic E-state index is 0.0154. The highest BCUT2D eigenvalue weighted by molar-refractivity contribution is 7.23. The summed E-state index contributed by atoms with van der Waals surface area (Å²) in [4.78, 5) is 24.0. The number of para-hydroxylation sites is 1. The molecule has 10 heteroatoms. The van der Waals surface area contributed by atoms with E-state index in [-0.39, 0.29) is 12.5 Å². The molecule has 160 valence electrons. The van der Waals surface area contributed by atoms with Gasteiger partial charge < -0.3 is 4.74 Å². The summed E-state index contributed by atoms with van der Waals surface area (Å²) < 4.78 is 7.79. The molecule has 0 bridgehead atoms. The fourth-order valence-corrected chi connectivity index (χ4v) is 4.68. The Morgan fingerprint density at radius 1 is 1.19 bits per heavy atom. The summed E-state index contributed by atoms with van der Waals surface area (Å²) in [5.74, 6) is 0.418. The number of carbonyl (C=O) groups excluding carboxylic acids is 1. The Labute approximate surface area is 192 Å². The van der Waals surface area contributed by atoms with Gasteiger partial charge >= 0.3 is 0 Å². The van der Waals surface area contributed by atoms with Crippen LogP contribution in [0.2, 0.25) is 5.02 Å². The van der Waals surface area contributed by atoms with Gasteiger partial charge in [0.05, 0.1) is 28.9 Å². The number of amides is 1. The highest BCUT2D eigenvalue weighted by Gasteiger charge is 2.23. The van der Waals surface area contributed by atoms with E-state index < -0.39 is 0 Å². The molecule has 8 nitrogen and oxygen atoms in total. The molecule has 1 amide bonds. The molecule has 0 saturated heterocycles. The van der Waals surface area contributed by atoms with Crippen molar-refractivity contribution in [1.82, 2.24) is 25.0 Å². The van der Waals surface area contributed by atoms with Crippen molar-refractivity contribution in [2.45, 2.75) is 13.1 Å². The molecule has 3 heterocycles. The molecule has 0 N–H and O–H groups in total. The Hall–Kier alpha value is -3.56. The molecular weight excluding hydrogens is 448 g/mol. The van der Waals surface area contributed by atoms with Crippen LogP contribution in [0, 0.1) is 0 Å². The molecule has 32 heavy (non-hydrogen) atoms. The van der Waals surface area contributed by atoms with Gasteiger partial charge in [-0.2, -0.15) is 0 Å². The number of pyridine rings is 1. The lowest BCUT2D eigenvalue weighted by atomic mass is 10.2. The summed E-state index contributed by atoms with van der Waals surface area (Å²) in [7, 11) is 1.58. The third kappa shape index (κ3) is 3.76. The molecule has 0 fully saturated rings. The molecule has 0 radical (unpaired) electrons. The van der Waals surface area contributed by atoms with Crippen LogP contribution in [0.4, 0.5) is 5.13 Å². The third-order valence-electron chi connectivity index (χ3n) is 4.97. The number of carbonyl (C=O) groups is 1. The highest BCUT2D eigenvalue weighted by Crippen LogP contribution is 2.39. The first kappa shape index (κ1) is 20.3. The van der Waals surface area contributed by atoms with Crippen molar-refractivity contribution < 1.29 is 9.53 Å². The molecule has 0 aliphatic heterocycles. The molecular formula is C22H17ClN6O2S. The van der Waals surface area contributed by atoms with Crippen LogP contribution in [-0.4, -0.2) is 38.0 Å². The Kier molecular flexibility index (Phi) is 5.42. The molecule has 0 aliphatic rings. The first-order chi connectivity index (χ1) is 15.6. The standard InChI is InChI=1S/C22H17ClN6O2S/c1-31-18-9-8-15(23)21-20(18)25-22(32-21)28(12-14-5-4-10-24-11-14)19(30)13-29-17-7-3-2-6-16(17)26-27-29/h2-11H,12-13H2,1H3. The number of aromatic nitrogens is 5. The van der Waals surface area contributed by atoms with E-state index in [0.717, 1.165) is 21.3 Å². The second-order valence-corrected chi connectivity index (χ2v) is 8.39.